The Morgan fingerprint density at radius 3 is 2.53 bits per heavy atom. The van der Waals surface area contributed by atoms with Gasteiger partial charge in [-0.3, -0.25) is 9.36 Å². The first-order chi connectivity index (χ1) is 14.6. The molecule has 4 rings (SSSR count). The molecule has 0 bridgehead atoms. The first-order valence-corrected chi connectivity index (χ1v) is 10.8. The summed E-state index contributed by atoms with van der Waals surface area (Å²) in [7, 11) is 2.27. The van der Waals surface area contributed by atoms with Crippen LogP contribution >= 0.6 is 0 Å². The Hall–Kier alpha value is -2.89. The average molecular weight is 406 g/mol. The monoisotopic (exact) mass is 405 g/mol. The minimum atomic E-state index is 0.00236. The maximum atomic E-state index is 12.6. The number of benzene rings is 2. The van der Waals surface area contributed by atoms with Crippen molar-refractivity contribution < 1.29 is 19.3 Å². The number of carbonyl (C=O) groups excluding carboxylic acids is 1. The number of aromatic nitrogens is 1. The van der Waals surface area contributed by atoms with Crippen molar-refractivity contribution in [3.8, 4) is 5.75 Å². The molecule has 5 nitrogen and oxygen atoms in total. The van der Waals surface area contributed by atoms with Crippen molar-refractivity contribution in [2.75, 3.05) is 39.8 Å². The summed E-state index contributed by atoms with van der Waals surface area (Å²) in [4.78, 5) is 15.9. The van der Waals surface area contributed by atoms with Gasteiger partial charge in [0.25, 0.3) is 0 Å². The lowest BCUT2D eigenvalue weighted by molar-refractivity contribution is -1.01. The quantitative estimate of drug-likeness (QED) is 0.460. The zero-order chi connectivity index (χ0) is 20.9. The predicted molar refractivity (Wildman–Crippen MR) is 120 cm³/mol. The van der Waals surface area contributed by atoms with Crippen molar-refractivity contribution in [1.29, 1.82) is 0 Å². The van der Waals surface area contributed by atoms with Crippen LogP contribution in [-0.4, -0.2) is 50.2 Å². The molecule has 1 aliphatic heterocycles. The van der Waals surface area contributed by atoms with Gasteiger partial charge in [0, 0.05) is 22.7 Å². The van der Waals surface area contributed by atoms with E-state index in [1.807, 2.05) is 37.3 Å². The summed E-state index contributed by atoms with van der Waals surface area (Å²) in [6.07, 6.45) is 5.81. The highest BCUT2D eigenvalue weighted by molar-refractivity contribution is 6.07. The number of piperazine rings is 1. The lowest BCUT2D eigenvalue weighted by atomic mass is 10.1. The molecule has 0 amide bonds. The Kier molecular flexibility index (Phi) is 6.31. The van der Waals surface area contributed by atoms with Crippen molar-refractivity contribution >= 4 is 22.8 Å². The number of ether oxygens (including phenoxy) is 1. The number of quaternary nitrogens is 2. The number of carbonyl (C=O) groups is 1. The van der Waals surface area contributed by atoms with E-state index in [9.17, 15) is 4.79 Å². The van der Waals surface area contributed by atoms with Crippen molar-refractivity contribution in [2.45, 2.75) is 13.6 Å². The van der Waals surface area contributed by atoms with E-state index in [4.69, 9.17) is 4.74 Å². The number of likely N-dealkylation sites (N-methyl/N-ethyl adjacent to an activating group) is 1. The maximum Gasteiger partial charge on any atom is 0.185 e. The molecule has 5 heteroatoms. The zero-order valence-corrected chi connectivity index (χ0v) is 17.9. The van der Waals surface area contributed by atoms with Gasteiger partial charge in [-0.25, -0.2) is 0 Å². The van der Waals surface area contributed by atoms with Crippen LogP contribution in [-0.2, 0) is 6.67 Å². The molecular weight excluding hydrogens is 374 g/mol. The topological polar surface area (TPSA) is 40.1 Å². The van der Waals surface area contributed by atoms with E-state index in [0.717, 1.165) is 18.0 Å². The van der Waals surface area contributed by atoms with Crippen LogP contribution < -0.4 is 14.5 Å². The van der Waals surface area contributed by atoms with Crippen LogP contribution in [0.25, 0.3) is 17.0 Å². The number of fused-ring (bicyclic) bond motifs is 1. The van der Waals surface area contributed by atoms with Crippen LogP contribution in [0.4, 0.5) is 0 Å². The van der Waals surface area contributed by atoms with Crippen LogP contribution in [0.3, 0.4) is 0 Å². The second kappa shape index (κ2) is 9.28. The number of nitrogens with one attached hydrogen (secondary N) is 2. The Labute approximate surface area is 178 Å². The second-order valence-corrected chi connectivity index (χ2v) is 8.09. The van der Waals surface area contributed by atoms with Gasteiger partial charge in [-0.1, -0.05) is 18.2 Å². The smallest absolute Gasteiger partial charge is 0.185 e. The molecule has 0 saturated carbocycles. The molecule has 0 radical (unpaired) electrons. The molecular formula is C25H31N3O2+2. The van der Waals surface area contributed by atoms with Gasteiger partial charge in [0.2, 0.25) is 0 Å². The maximum absolute atomic E-state index is 12.6. The number of hydrogen-bond donors (Lipinski definition) is 2. The van der Waals surface area contributed by atoms with Crippen molar-refractivity contribution in [3.63, 3.8) is 0 Å². The van der Waals surface area contributed by atoms with E-state index in [1.165, 1.54) is 37.1 Å². The van der Waals surface area contributed by atoms with E-state index in [1.54, 1.807) is 15.9 Å². The molecule has 3 aromatic rings. The minimum Gasteiger partial charge on any atom is -0.494 e. The molecule has 0 aliphatic carbocycles. The van der Waals surface area contributed by atoms with Gasteiger partial charge >= 0.3 is 0 Å². The van der Waals surface area contributed by atoms with Crippen molar-refractivity contribution in [1.82, 2.24) is 4.57 Å². The number of rotatable bonds is 7. The molecule has 0 atom stereocenters. The summed E-state index contributed by atoms with van der Waals surface area (Å²) in [5.74, 6) is 0.789. The number of allylic oxidation sites excluding steroid dienone is 1. The van der Waals surface area contributed by atoms with Crippen LogP contribution in [0.2, 0.25) is 0 Å². The van der Waals surface area contributed by atoms with E-state index in [0.29, 0.717) is 12.2 Å². The highest BCUT2D eigenvalue weighted by Crippen LogP contribution is 2.22. The predicted octanol–water partition coefficient (Wildman–Crippen LogP) is 1.31. The fourth-order valence-electron chi connectivity index (χ4n) is 4.11. The summed E-state index contributed by atoms with van der Waals surface area (Å²) < 4.78 is 7.79. The summed E-state index contributed by atoms with van der Waals surface area (Å²) in [6, 6.07) is 15.8. The highest BCUT2D eigenvalue weighted by Gasteiger charge is 2.20. The Morgan fingerprint density at radius 1 is 1.07 bits per heavy atom. The molecule has 2 N–H and O–H groups in total. The number of hydrogen-bond acceptors (Lipinski definition) is 2. The Morgan fingerprint density at radius 2 is 1.80 bits per heavy atom. The van der Waals surface area contributed by atoms with Crippen molar-refractivity contribution in [3.05, 3.63) is 71.9 Å². The van der Waals surface area contributed by atoms with Gasteiger partial charge in [-0.15, -0.1) is 0 Å². The summed E-state index contributed by atoms with van der Waals surface area (Å²) in [5.41, 5.74) is 2.98. The molecule has 0 unspecified atom stereocenters. The molecule has 1 saturated heterocycles. The molecule has 1 aliphatic rings. The van der Waals surface area contributed by atoms with E-state index in [2.05, 4.69) is 42.1 Å². The summed E-state index contributed by atoms with van der Waals surface area (Å²) >= 11 is 0. The average Bonchev–Trinajstić information content (AvgIpc) is 3.12. The molecule has 1 fully saturated rings. The molecule has 2 heterocycles. The first-order valence-electron chi connectivity index (χ1n) is 10.8. The molecule has 0 spiro atoms. The lowest BCUT2D eigenvalue weighted by Crippen LogP contribution is -3.26. The molecule has 1 aromatic heterocycles. The normalized spacial score (nSPS) is 19.4. The van der Waals surface area contributed by atoms with Crippen LogP contribution in [0.15, 0.2) is 60.8 Å². The van der Waals surface area contributed by atoms with Crippen LogP contribution in [0.5, 0.6) is 5.75 Å². The van der Waals surface area contributed by atoms with Crippen molar-refractivity contribution in [2.24, 2.45) is 0 Å². The van der Waals surface area contributed by atoms with Gasteiger partial charge in [0.05, 0.1) is 19.2 Å². The van der Waals surface area contributed by atoms with Crippen LogP contribution in [0, 0.1) is 0 Å². The molecule has 156 valence electrons. The van der Waals surface area contributed by atoms with Gasteiger partial charge in [-0.2, -0.15) is 0 Å². The fourth-order valence-corrected chi connectivity index (χ4v) is 4.11. The zero-order valence-electron chi connectivity index (χ0n) is 17.9. The van der Waals surface area contributed by atoms with Gasteiger partial charge in [0.15, 0.2) is 12.5 Å². The lowest BCUT2D eigenvalue weighted by Gasteiger charge is -2.27. The number of ketones is 1. The Balaban J connectivity index is 1.53. The van der Waals surface area contributed by atoms with E-state index < -0.39 is 0 Å². The van der Waals surface area contributed by atoms with Gasteiger partial charge in [0.1, 0.15) is 31.9 Å². The minimum absolute atomic E-state index is 0.00236. The van der Waals surface area contributed by atoms with Crippen LogP contribution in [0.1, 0.15) is 22.8 Å². The third kappa shape index (κ3) is 4.64. The number of nitrogens with zero attached hydrogens (tertiary/aromatic N) is 1. The fraction of sp³-hybridized carbons (Fsp3) is 0.320. The molecule has 2 aromatic carbocycles. The largest absolute Gasteiger partial charge is 0.494 e. The SMILES string of the molecule is CCOc1ccc(C(=O)/C=C/c2cn(C[NH+]3CC[NH+](C)CC3)c3ccccc23)cc1. The first kappa shape index (κ1) is 20.4. The van der Waals surface area contributed by atoms with Gasteiger partial charge in [-0.05, 0) is 49.4 Å². The molecule has 30 heavy (non-hydrogen) atoms. The third-order valence-electron chi connectivity index (χ3n) is 5.89. The van der Waals surface area contributed by atoms with E-state index in [-0.39, 0.29) is 5.78 Å². The summed E-state index contributed by atoms with van der Waals surface area (Å²) in [5, 5.41) is 1.19. The van der Waals surface area contributed by atoms with E-state index >= 15 is 0 Å². The summed E-state index contributed by atoms with van der Waals surface area (Å²) in [6.45, 7) is 8.36. The Bertz CT molecular complexity index is 1030. The second-order valence-electron chi connectivity index (χ2n) is 8.09. The third-order valence-corrected chi connectivity index (χ3v) is 5.89. The highest BCUT2D eigenvalue weighted by atomic mass is 16.5. The standard InChI is InChI=1S/C25H29N3O2/c1-3-30-22-11-8-20(9-12-22)25(29)13-10-21-18-28(24-7-5-4-6-23(21)24)19-27-16-14-26(2)15-17-27/h4-13,18H,3,14-17,19H2,1-2H3/p+2/b13-10+. The number of para-hydroxylation sites is 1. The van der Waals surface area contributed by atoms with Gasteiger partial charge < -0.3 is 14.5 Å².